The van der Waals surface area contributed by atoms with Gasteiger partial charge in [-0.2, -0.15) is 0 Å². The van der Waals surface area contributed by atoms with E-state index in [2.05, 4.69) is 20.4 Å². The molecular weight excluding hydrogens is 319 g/mol. The van der Waals surface area contributed by atoms with Gasteiger partial charge in [0.15, 0.2) is 23.5 Å². The Hall–Kier alpha value is -1.45. The molecule has 25 heavy (non-hydrogen) atoms. The van der Waals surface area contributed by atoms with Gasteiger partial charge in [-0.15, -0.1) is 0 Å². The number of allylic oxidation sites excluding steroid dienone is 2. The van der Waals surface area contributed by atoms with Crippen LogP contribution in [-0.4, -0.2) is 22.8 Å². The summed E-state index contributed by atoms with van der Waals surface area (Å²) in [5.41, 5.74) is 0.681. The van der Waals surface area contributed by atoms with Crippen molar-refractivity contribution in [2.24, 2.45) is 34.5 Å². The molecule has 3 nitrogen and oxygen atoms in total. The topological polar surface area (TPSA) is 54.4 Å². The summed E-state index contributed by atoms with van der Waals surface area (Å²) in [5, 5.41) is 10.5. The predicted molar refractivity (Wildman–Crippen MR) is 92.6 cm³/mol. The lowest BCUT2D eigenvalue weighted by Crippen LogP contribution is -2.54. The molecule has 0 radical (unpaired) electrons. The molecule has 7 atom stereocenters. The van der Waals surface area contributed by atoms with Gasteiger partial charge in [-0.1, -0.05) is 27.4 Å². The minimum absolute atomic E-state index is 0.0265. The molecule has 0 bridgehead atoms. The maximum absolute atomic E-state index is 14.3. The molecule has 0 aromatic heterocycles. The molecule has 0 saturated heterocycles. The number of fused-ring (bicyclic) bond motifs is 5. The fourth-order valence-electron chi connectivity index (χ4n) is 6.77. The number of aliphatic hydroxyl groups excluding tert-OH is 1. The zero-order chi connectivity index (χ0) is 18.3. The van der Waals surface area contributed by atoms with Crippen molar-refractivity contribution in [1.82, 2.24) is 0 Å². The van der Waals surface area contributed by atoms with Gasteiger partial charge in [0, 0.05) is 22.8 Å². The molecule has 1 N–H and O–H groups in total. The molecule has 0 spiro atoms. The number of hydrogen-bond acceptors (Lipinski definition) is 3. The normalized spacial score (nSPS) is 49.8. The van der Waals surface area contributed by atoms with E-state index in [1.165, 1.54) is 0 Å². The summed E-state index contributed by atoms with van der Waals surface area (Å²) in [6.07, 6.45) is 1.57. The Kier molecular flexibility index (Phi) is 3.43. The van der Waals surface area contributed by atoms with Crippen LogP contribution in [0.5, 0.6) is 0 Å². The van der Waals surface area contributed by atoms with Crippen LogP contribution >= 0.6 is 0 Å². The molecular formula is C21H27FO3. The average molecular weight is 346 g/mol. The number of hydrogen-bond donors (Lipinski definition) is 1. The number of halogens is 1. The van der Waals surface area contributed by atoms with Gasteiger partial charge in [0.05, 0.1) is 0 Å². The van der Waals surface area contributed by atoms with Crippen LogP contribution in [0.25, 0.3) is 0 Å². The van der Waals surface area contributed by atoms with Crippen LogP contribution < -0.4 is 0 Å². The minimum Gasteiger partial charge on any atom is -0.504 e. The molecule has 0 aromatic rings. The van der Waals surface area contributed by atoms with Crippen LogP contribution in [-0.2, 0) is 9.59 Å². The molecule has 0 unspecified atom stereocenters. The summed E-state index contributed by atoms with van der Waals surface area (Å²) >= 11 is 0. The summed E-state index contributed by atoms with van der Waals surface area (Å²) in [6.45, 7) is 10.4. The Labute approximate surface area is 148 Å². The van der Waals surface area contributed by atoms with E-state index in [0.717, 1.165) is 17.6 Å². The van der Waals surface area contributed by atoms with Crippen molar-refractivity contribution in [1.29, 1.82) is 0 Å². The first-order chi connectivity index (χ1) is 11.6. The van der Waals surface area contributed by atoms with E-state index in [1.54, 1.807) is 0 Å². The molecule has 3 saturated carbocycles. The minimum atomic E-state index is -1.35. The summed E-state index contributed by atoms with van der Waals surface area (Å²) < 4.78 is 14.3. The number of carbonyl (C=O) groups is 2. The van der Waals surface area contributed by atoms with Crippen LogP contribution in [0, 0.1) is 34.5 Å². The Bertz CT molecular complexity index is 723. The first-order valence-electron chi connectivity index (χ1n) is 9.47. The maximum Gasteiger partial charge on any atom is 0.197 e. The third-order valence-corrected chi connectivity index (χ3v) is 8.24. The third kappa shape index (κ3) is 1.91. The van der Waals surface area contributed by atoms with Crippen molar-refractivity contribution in [3.63, 3.8) is 0 Å². The number of carbonyl (C=O) groups excluding carboxylic acids is 2. The van der Waals surface area contributed by atoms with Crippen molar-refractivity contribution < 1.29 is 19.1 Å². The van der Waals surface area contributed by atoms with Crippen LogP contribution in [0.2, 0.25) is 0 Å². The molecule has 136 valence electrons. The van der Waals surface area contributed by atoms with Crippen LogP contribution in [0.1, 0.15) is 52.9 Å². The average Bonchev–Trinajstić information content (AvgIpc) is 2.80. The Morgan fingerprint density at radius 3 is 2.52 bits per heavy atom. The van der Waals surface area contributed by atoms with Crippen molar-refractivity contribution in [3.05, 3.63) is 23.5 Å². The fourth-order valence-corrected chi connectivity index (χ4v) is 6.77. The molecule has 4 rings (SSSR count). The summed E-state index contributed by atoms with van der Waals surface area (Å²) in [6, 6.07) is 0. The first kappa shape index (κ1) is 17.0. The maximum atomic E-state index is 14.3. The van der Waals surface area contributed by atoms with Gasteiger partial charge >= 0.3 is 0 Å². The van der Waals surface area contributed by atoms with Gasteiger partial charge in [-0.3, -0.25) is 9.59 Å². The highest BCUT2D eigenvalue weighted by molar-refractivity contribution is 5.96. The van der Waals surface area contributed by atoms with E-state index in [9.17, 15) is 19.1 Å². The summed E-state index contributed by atoms with van der Waals surface area (Å²) in [5.74, 6) is -0.00686. The lowest BCUT2D eigenvalue weighted by Gasteiger charge is -2.59. The van der Waals surface area contributed by atoms with Crippen molar-refractivity contribution >= 4 is 11.6 Å². The molecule has 3 fully saturated rings. The number of Topliss-reactive ketones (excluding diaryl/α,β-unsaturated/α-hetero) is 2. The standard InChI is InChI=1S/C21H27FO3/c1-10-11(2)17-18(24)15(23)6-8-20(17,3)12-5-7-21(4)13(16(10)12)9-14(22)19(21)25/h10,12-14,16,24H,2,5-9H2,1,3-4H3/t10-,12+,13+,14+,16-,20-,21+/m1/s1. The molecule has 0 amide bonds. The molecule has 0 aliphatic heterocycles. The highest BCUT2D eigenvalue weighted by Crippen LogP contribution is 2.67. The lowest BCUT2D eigenvalue weighted by molar-refractivity contribution is -0.136. The van der Waals surface area contributed by atoms with E-state index < -0.39 is 11.6 Å². The predicted octanol–water partition coefficient (Wildman–Crippen LogP) is 4.33. The molecule has 4 heteroatoms. The fraction of sp³-hybridized carbons (Fsp3) is 0.714. The highest BCUT2D eigenvalue weighted by Gasteiger charge is 2.64. The van der Waals surface area contributed by atoms with Gasteiger partial charge < -0.3 is 5.11 Å². The largest absolute Gasteiger partial charge is 0.504 e. The van der Waals surface area contributed by atoms with Crippen LogP contribution in [0.4, 0.5) is 4.39 Å². The Balaban J connectivity index is 1.84. The summed E-state index contributed by atoms with van der Waals surface area (Å²) in [4.78, 5) is 24.6. The second-order valence-electron chi connectivity index (χ2n) is 9.19. The third-order valence-electron chi connectivity index (χ3n) is 8.24. The van der Waals surface area contributed by atoms with E-state index in [4.69, 9.17) is 0 Å². The van der Waals surface area contributed by atoms with Crippen LogP contribution in [0.15, 0.2) is 23.5 Å². The smallest absolute Gasteiger partial charge is 0.197 e. The zero-order valence-corrected chi connectivity index (χ0v) is 15.3. The van der Waals surface area contributed by atoms with Crippen molar-refractivity contribution in [3.8, 4) is 0 Å². The van der Waals surface area contributed by atoms with Gasteiger partial charge in [-0.25, -0.2) is 4.39 Å². The molecule has 4 aliphatic carbocycles. The molecule has 0 heterocycles. The van der Waals surface area contributed by atoms with Crippen molar-refractivity contribution in [2.75, 3.05) is 0 Å². The second-order valence-corrected chi connectivity index (χ2v) is 9.19. The van der Waals surface area contributed by atoms with Crippen LogP contribution in [0.3, 0.4) is 0 Å². The Morgan fingerprint density at radius 1 is 1.16 bits per heavy atom. The Morgan fingerprint density at radius 2 is 1.84 bits per heavy atom. The van der Waals surface area contributed by atoms with E-state index in [-0.39, 0.29) is 46.4 Å². The van der Waals surface area contributed by atoms with Gasteiger partial charge in [-0.05, 0) is 54.9 Å². The summed E-state index contributed by atoms with van der Waals surface area (Å²) in [7, 11) is 0. The first-order valence-corrected chi connectivity index (χ1v) is 9.47. The van der Waals surface area contributed by atoms with Gasteiger partial charge in [0.2, 0.25) is 0 Å². The van der Waals surface area contributed by atoms with E-state index in [1.807, 2.05) is 6.92 Å². The SMILES string of the molecule is C=C1C2=C(O)C(=O)CC[C@]2(C)[C@H]2CC[C@]3(C)C(=O)[C@@H](F)C[C@H]3[C@@H]2[C@@H]1C. The molecule has 0 aromatic carbocycles. The van der Waals surface area contributed by atoms with Crippen molar-refractivity contribution in [2.45, 2.75) is 59.0 Å². The lowest BCUT2D eigenvalue weighted by atomic mass is 9.44. The quantitative estimate of drug-likeness (QED) is 0.710. The van der Waals surface area contributed by atoms with Gasteiger partial charge in [0.1, 0.15) is 0 Å². The molecule has 4 aliphatic rings. The van der Waals surface area contributed by atoms with E-state index in [0.29, 0.717) is 25.7 Å². The number of aliphatic hydroxyl groups is 1. The number of rotatable bonds is 0. The number of ketones is 2. The number of alkyl halides is 1. The monoisotopic (exact) mass is 346 g/mol. The van der Waals surface area contributed by atoms with Gasteiger partial charge in [0.25, 0.3) is 0 Å². The van der Waals surface area contributed by atoms with E-state index >= 15 is 0 Å². The zero-order valence-electron chi connectivity index (χ0n) is 15.3. The second kappa shape index (κ2) is 5.05. The highest BCUT2D eigenvalue weighted by atomic mass is 19.1.